The van der Waals surface area contributed by atoms with Crippen LogP contribution in [0.25, 0.3) is 11.1 Å². The van der Waals surface area contributed by atoms with E-state index in [9.17, 15) is 19.2 Å². The van der Waals surface area contributed by atoms with E-state index in [1.807, 2.05) is 0 Å². The Balaban J connectivity index is 1.95. The van der Waals surface area contributed by atoms with E-state index in [-0.39, 0.29) is 24.1 Å². The summed E-state index contributed by atoms with van der Waals surface area (Å²) >= 11 is 0. The van der Waals surface area contributed by atoms with E-state index in [2.05, 4.69) is 10.1 Å². The van der Waals surface area contributed by atoms with E-state index in [1.54, 1.807) is 42.5 Å². The molecular formula is C19H15NO5. The number of Topliss-reactive ketones (excluding diaryl/α,β-unsaturated/α-hetero) is 2. The Morgan fingerprint density at radius 3 is 2.28 bits per heavy atom. The number of fused-ring (bicyclic) bond motifs is 3. The van der Waals surface area contributed by atoms with Gasteiger partial charge in [-0.25, -0.2) is 0 Å². The first-order chi connectivity index (χ1) is 12.0. The summed E-state index contributed by atoms with van der Waals surface area (Å²) in [7, 11) is 1.25. The molecule has 0 aromatic heterocycles. The van der Waals surface area contributed by atoms with Crippen molar-refractivity contribution in [3.8, 4) is 11.1 Å². The van der Waals surface area contributed by atoms with Crippen molar-refractivity contribution in [2.45, 2.75) is 12.8 Å². The number of carbonyl (C=O) groups is 4. The SMILES string of the molecule is COC(=O)CCC(=O)Nc1cccc2c1C(=O)C(=O)c1ccccc1-2. The quantitative estimate of drug-likeness (QED) is 0.684. The molecule has 0 saturated carbocycles. The second-order valence-corrected chi connectivity index (χ2v) is 5.56. The summed E-state index contributed by atoms with van der Waals surface area (Å²) < 4.78 is 4.49. The molecule has 1 amide bonds. The van der Waals surface area contributed by atoms with Crippen molar-refractivity contribution >= 4 is 29.1 Å². The van der Waals surface area contributed by atoms with Crippen LogP contribution in [-0.2, 0) is 14.3 Å². The Hall–Kier alpha value is -3.28. The van der Waals surface area contributed by atoms with Gasteiger partial charge in [0.1, 0.15) is 0 Å². The number of amides is 1. The molecule has 2 aromatic rings. The number of esters is 1. The lowest BCUT2D eigenvalue weighted by molar-refractivity contribution is -0.141. The lowest BCUT2D eigenvalue weighted by Gasteiger charge is -2.20. The Morgan fingerprint density at radius 2 is 1.56 bits per heavy atom. The summed E-state index contributed by atoms with van der Waals surface area (Å²) in [5.74, 6) is -2.18. The van der Waals surface area contributed by atoms with Gasteiger partial charge in [0.05, 0.1) is 24.8 Å². The first kappa shape index (κ1) is 16.6. The fraction of sp³-hybridized carbons (Fsp3) is 0.158. The minimum atomic E-state index is -0.655. The Kier molecular flexibility index (Phi) is 4.43. The van der Waals surface area contributed by atoms with E-state index in [4.69, 9.17) is 0 Å². The van der Waals surface area contributed by atoms with Crippen LogP contribution in [0.15, 0.2) is 42.5 Å². The maximum Gasteiger partial charge on any atom is 0.306 e. The number of methoxy groups -OCH3 is 1. The molecule has 0 unspecified atom stereocenters. The fourth-order valence-corrected chi connectivity index (χ4v) is 2.81. The van der Waals surface area contributed by atoms with Crippen LogP contribution in [0.2, 0.25) is 0 Å². The highest BCUT2D eigenvalue weighted by atomic mass is 16.5. The van der Waals surface area contributed by atoms with Gasteiger partial charge in [0.15, 0.2) is 0 Å². The zero-order chi connectivity index (χ0) is 18.0. The van der Waals surface area contributed by atoms with Gasteiger partial charge in [0, 0.05) is 12.0 Å². The topological polar surface area (TPSA) is 89.5 Å². The highest BCUT2D eigenvalue weighted by molar-refractivity contribution is 6.54. The molecule has 0 bridgehead atoms. The minimum Gasteiger partial charge on any atom is -0.469 e. The van der Waals surface area contributed by atoms with Gasteiger partial charge in [-0.3, -0.25) is 19.2 Å². The van der Waals surface area contributed by atoms with Gasteiger partial charge < -0.3 is 10.1 Å². The molecule has 1 N–H and O–H groups in total. The van der Waals surface area contributed by atoms with Gasteiger partial charge in [-0.2, -0.15) is 0 Å². The second-order valence-electron chi connectivity index (χ2n) is 5.56. The predicted octanol–water partition coefficient (Wildman–Crippen LogP) is 2.62. The molecule has 0 heterocycles. The third-order valence-corrected chi connectivity index (χ3v) is 4.02. The third-order valence-electron chi connectivity index (χ3n) is 4.02. The molecule has 6 heteroatoms. The lowest BCUT2D eigenvalue weighted by atomic mass is 9.83. The van der Waals surface area contributed by atoms with Gasteiger partial charge >= 0.3 is 5.97 Å². The number of nitrogens with one attached hydrogen (secondary N) is 1. The number of anilines is 1. The monoisotopic (exact) mass is 337 g/mol. The third kappa shape index (κ3) is 3.06. The molecule has 3 rings (SSSR count). The predicted molar refractivity (Wildman–Crippen MR) is 90.4 cm³/mol. The highest BCUT2D eigenvalue weighted by Gasteiger charge is 2.32. The van der Waals surface area contributed by atoms with Crippen molar-refractivity contribution in [3.63, 3.8) is 0 Å². The molecular weight excluding hydrogens is 322 g/mol. The van der Waals surface area contributed by atoms with Crippen LogP contribution in [0.1, 0.15) is 33.6 Å². The number of hydrogen-bond acceptors (Lipinski definition) is 5. The Bertz CT molecular complexity index is 900. The zero-order valence-corrected chi connectivity index (χ0v) is 13.5. The number of hydrogen-bond donors (Lipinski definition) is 1. The largest absolute Gasteiger partial charge is 0.469 e. The number of rotatable bonds is 4. The van der Waals surface area contributed by atoms with Crippen LogP contribution in [0.5, 0.6) is 0 Å². The molecule has 2 aromatic carbocycles. The number of carbonyl (C=O) groups excluding carboxylic acids is 4. The van der Waals surface area contributed by atoms with E-state index >= 15 is 0 Å². The van der Waals surface area contributed by atoms with Crippen molar-refractivity contribution in [1.82, 2.24) is 0 Å². The first-order valence-electron chi connectivity index (χ1n) is 7.71. The molecule has 0 aliphatic heterocycles. The zero-order valence-electron chi connectivity index (χ0n) is 13.5. The highest BCUT2D eigenvalue weighted by Crippen LogP contribution is 2.37. The van der Waals surface area contributed by atoms with Crippen molar-refractivity contribution in [2.24, 2.45) is 0 Å². The van der Waals surface area contributed by atoms with Crippen molar-refractivity contribution in [2.75, 3.05) is 12.4 Å². The lowest BCUT2D eigenvalue weighted by Crippen LogP contribution is -2.24. The summed E-state index contributed by atoms with van der Waals surface area (Å²) in [5, 5.41) is 2.61. The molecule has 0 radical (unpaired) electrons. The summed E-state index contributed by atoms with van der Waals surface area (Å²) in [6.07, 6.45) is -0.137. The average molecular weight is 337 g/mol. The van der Waals surface area contributed by atoms with E-state index < -0.39 is 23.4 Å². The standard InChI is InChI=1S/C19H15NO5/c1-25-16(22)10-9-15(21)20-14-8-4-7-12-11-5-2-3-6-13(11)18(23)19(24)17(12)14/h2-8H,9-10H2,1H3,(H,20,21). The van der Waals surface area contributed by atoms with Crippen LogP contribution in [0, 0.1) is 0 Å². The second kappa shape index (κ2) is 6.68. The molecule has 0 atom stereocenters. The Labute approximate surface area is 143 Å². The van der Waals surface area contributed by atoms with Crippen LogP contribution < -0.4 is 5.32 Å². The van der Waals surface area contributed by atoms with Gasteiger partial charge in [0.2, 0.25) is 17.5 Å². The van der Waals surface area contributed by atoms with E-state index in [0.29, 0.717) is 16.7 Å². The van der Waals surface area contributed by atoms with Crippen LogP contribution in [0.3, 0.4) is 0 Å². The molecule has 0 saturated heterocycles. The van der Waals surface area contributed by atoms with Gasteiger partial charge in [-0.15, -0.1) is 0 Å². The fourth-order valence-electron chi connectivity index (χ4n) is 2.81. The van der Waals surface area contributed by atoms with E-state index in [0.717, 1.165) is 0 Å². The normalized spacial score (nSPS) is 12.2. The van der Waals surface area contributed by atoms with Crippen LogP contribution in [-0.4, -0.2) is 30.6 Å². The molecule has 1 aliphatic carbocycles. The number of ketones is 2. The smallest absolute Gasteiger partial charge is 0.306 e. The van der Waals surface area contributed by atoms with Crippen LogP contribution >= 0.6 is 0 Å². The molecule has 0 fully saturated rings. The average Bonchev–Trinajstić information content (AvgIpc) is 2.64. The molecule has 25 heavy (non-hydrogen) atoms. The first-order valence-corrected chi connectivity index (χ1v) is 7.71. The molecule has 1 aliphatic rings. The van der Waals surface area contributed by atoms with E-state index in [1.165, 1.54) is 7.11 Å². The van der Waals surface area contributed by atoms with Gasteiger partial charge in [0.25, 0.3) is 0 Å². The number of benzene rings is 2. The summed E-state index contributed by atoms with van der Waals surface area (Å²) in [6, 6.07) is 11.9. The van der Waals surface area contributed by atoms with Gasteiger partial charge in [-0.05, 0) is 17.2 Å². The van der Waals surface area contributed by atoms with Gasteiger partial charge in [-0.1, -0.05) is 36.4 Å². The molecule has 6 nitrogen and oxygen atoms in total. The summed E-state index contributed by atoms with van der Waals surface area (Å²) in [6.45, 7) is 0. The summed E-state index contributed by atoms with van der Waals surface area (Å²) in [4.78, 5) is 48.0. The molecule has 0 spiro atoms. The maximum atomic E-state index is 12.5. The maximum absolute atomic E-state index is 12.5. The molecule has 126 valence electrons. The van der Waals surface area contributed by atoms with Crippen molar-refractivity contribution in [3.05, 3.63) is 53.6 Å². The minimum absolute atomic E-state index is 0.0624. The van der Waals surface area contributed by atoms with Crippen LogP contribution in [0.4, 0.5) is 5.69 Å². The van der Waals surface area contributed by atoms with Crippen molar-refractivity contribution < 1.29 is 23.9 Å². The summed E-state index contributed by atoms with van der Waals surface area (Å²) in [5.41, 5.74) is 2.06. The van der Waals surface area contributed by atoms with Crippen molar-refractivity contribution in [1.29, 1.82) is 0 Å². The number of ether oxygens (including phenoxy) is 1. The Morgan fingerprint density at radius 1 is 0.880 bits per heavy atom.